The van der Waals surface area contributed by atoms with Crippen molar-refractivity contribution >= 4 is 34.5 Å². The van der Waals surface area contributed by atoms with Crippen molar-refractivity contribution in [2.75, 3.05) is 63.6 Å². The van der Waals surface area contributed by atoms with Gasteiger partial charge in [-0.2, -0.15) is 4.98 Å². The van der Waals surface area contributed by atoms with Crippen LogP contribution >= 0.6 is 0 Å². The highest BCUT2D eigenvalue weighted by atomic mass is 16.4. The number of β-amino-alcohol motifs (C(OH)–C–C–N with tert-alkyl or cyclic N) is 1. The minimum absolute atomic E-state index is 0.145. The van der Waals surface area contributed by atoms with Gasteiger partial charge in [0.2, 0.25) is 5.95 Å². The van der Waals surface area contributed by atoms with Crippen LogP contribution in [0.3, 0.4) is 0 Å². The number of carboxylic acids is 1. The van der Waals surface area contributed by atoms with E-state index in [1.54, 1.807) is 12.3 Å². The molecule has 0 radical (unpaired) electrons. The fourth-order valence-corrected chi connectivity index (χ4v) is 5.07. The van der Waals surface area contributed by atoms with E-state index in [0.29, 0.717) is 29.3 Å². The van der Waals surface area contributed by atoms with Crippen molar-refractivity contribution in [2.24, 2.45) is 0 Å². The standard InChI is InChI=1S/C24H31N7O4.C2H7N/c32-15-19(33)14-29-7-9-30(10-8-29)18-5-6-21(25-13-18)27-24-26-12-16-11-20(23(34)35)31(22(16)28-24)17-3-1-2-4-17;1-3-2/h5-6,11-13,17,19,32-33H,1-4,7-10,14-15H2,(H,34,35)(H,25,26,27,28);3H,1-2H3. The average molecular weight is 527 g/mol. The summed E-state index contributed by atoms with van der Waals surface area (Å²) in [5.74, 6) is 0.0328. The third kappa shape index (κ3) is 6.57. The minimum Gasteiger partial charge on any atom is -0.477 e. The molecular formula is C26H38N8O4. The van der Waals surface area contributed by atoms with E-state index in [4.69, 9.17) is 5.11 Å². The van der Waals surface area contributed by atoms with Gasteiger partial charge in [-0.1, -0.05) is 12.8 Å². The predicted octanol–water partition coefficient (Wildman–Crippen LogP) is 1.69. The van der Waals surface area contributed by atoms with E-state index in [2.05, 4.69) is 35.4 Å². The molecule has 1 atom stereocenters. The lowest BCUT2D eigenvalue weighted by Crippen LogP contribution is -2.49. The summed E-state index contributed by atoms with van der Waals surface area (Å²) in [7, 11) is 3.75. The lowest BCUT2D eigenvalue weighted by molar-refractivity contribution is 0.0575. The van der Waals surface area contributed by atoms with Crippen molar-refractivity contribution in [1.82, 2.24) is 29.7 Å². The van der Waals surface area contributed by atoms with Crippen molar-refractivity contribution < 1.29 is 20.1 Å². The van der Waals surface area contributed by atoms with Crippen LogP contribution in [0.1, 0.15) is 42.2 Å². The number of hydrogen-bond donors (Lipinski definition) is 5. The van der Waals surface area contributed by atoms with E-state index in [9.17, 15) is 15.0 Å². The van der Waals surface area contributed by atoms with Crippen LogP contribution in [-0.4, -0.2) is 105 Å². The van der Waals surface area contributed by atoms with Gasteiger partial charge in [-0.15, -0.1) is 0 Å². The minimum atomic E-state index is -0.952. The smallest absolute Gasteiger partial charge is 0.352 e. The number of nitrogens with one attached hydrogen (secondary N) is 2. The normalized spacial score (nSPS) is 17.3. The Balaban J connectivity index is 0.00000107. The van der Waals surface area contributed by atoms with E-state index in [0.717, 1.165) is 57.5 Å². The van der Waals surface area contributed by atoms with Crippen molar-refractivity contribution in [3.8, 4) is 0 Å². The van der Waals surface area contributed by atoms with Gasteiger partial charge in [0.25, 0.3) is 0 Å². The Morgan fingerprint density at radius 3 is 2.42 bits per heavy atom. The third-order valence-corrected chi connectivity index (χ3v) is 6.89. The quantitative estimate of drug-likeness (QED) is 0.292. The average Bonchev–Trinajstić information content (AvgIpc) is 3.58. The van der Waals surface area contributed by atoms with E-state index >= 15 is 0 Å². The lowest BCUT2D eigenvalue weighted by Gasteiger charge is -2.36. The summed E-state index contributed by atoms with van der Waals surface area (Å²) in [6.45, 7) is 3.51. The van der Waals surface area contributed by atoms with Gasteiger partial charge in [-0.25, -0.2) is 14.8 Å². The second-order valence-electron chi connectivity index (χ2n) is 9.77. The van der Waals surface area contributed by atoms with Gasteiger partial charge in [0.1, 0.15) is 17.2 Å². The molecule has 3 aromatic rings. The maximum atomic E-state index is 11.8. The number of hydrogen-bond acceptors (Lipinski definition) is 10. The van der Waals surface area contributed by atoms with Crippen LogP contribution in [0.4, 0.5) is 17.5 Å². The number of carboxylic acid groups (broad SMARTS) is 1. The van der Waals surface area contributed by atoms with Gasteiger partial charge in [0, 0.05) is 50.3 Å². The fraction of sp³-hybridized carbons (Fsp3) is 0.538. The Bertz CT molecular complexity index is 1190. The Hall–Kier alpha value is -3.32. The summed E-state index contributed by atoms with van der Waals surface area (Å²) in [5.41, 5.74) is 1.90. The summed E-state index contributed by atoms with van der Waals surface area (Å²) in [6.07, 6.45) is 6.86. The molecule has 1 aliphatic heterocycles. The molecule has 2 aliphatic rings. The van der Waals surface area contributed by atoms with Gasteiger partial charge in [0.15, 0.2) is 0 Å². The molecule has 5 rings (SSSR count). The zero-order chi connectivity index (χ0) is 27.1. The molecule has 1 aliphatic carbocycles. The number of aliphatic hydroxyl groups is 2. The third-order valence-electron chi connectivity index (χ3n) is 6.89. The molecule has 4 heterocycles. The van der Waals surface area contributed by atoms with Crippen LogP contribution in [0.15, 0.2) is 30.6 Å². The summed E-state index contributed by atoms with van der Waals surface area (Å²) >= 11 is 0. The number of rotatable bonds is 8. The van der Waals surface area contributed by atoms with Crippen molar-refractivity contribution in [2.45, 2.75) is 37.8 Å². The highest BCUT2D eigenvalue weighted by molar-refractivity contribution is 5.93. The molecule has 0 bridgehead atoms. The van der Waals surface area contributed by atoms with Gasteiger partial charge in [0.05, 0.1) is 24.6 Å². The van der Waals surface area contributed by atoms with Crippen molar-refractivity contribution in [3.63, 3.8) is 0 Å². The van der Waals surface area contributed by atoms with Crippen molar-refractivity contribution in [3.05, 3.63) is 36.3 Å². The first-order valence-electron chi connectivity index (χ1n) is 13.1. The molecule has 206 valence electrons. The summed E-state index contributed by atoms with van der Waals surface area (Å²) in [5, 5.41) is 35.0. The molecule has 0 amide bonds. The van der Waals surface area contributed by atoms with Gasteiger partial charge in [-0.05, 0) is 45.1 Å². The molecule has 1 saturated carbocycles. The number of aromatic nitrogens is 4. The van der Waals surface area contributed by atoms with Gasteiger partial charge < -0.3 is 35.4 Å². The SMILES string of the molecule is CNC.O=C(O)c1cc2cnc(Nc3ccc(N4CCN(CC(O)CO)CC4)cn3)nc2n1C1CCCC1. The van der Waals surface area contributed by atoms with Crippen LogP contribution < -0.4 is 15.5 Å². The first-order chi connectivity index (χ1) is 18.4. The second-order valence-corrected chi connectivity index (χ2v) is 9.77. The zero-order valence-corrected chi connectivity index (χ0v) is 22.0. The van der Waals surface area contributed by atoms with Crippen LogP contribution in [0.5, 0.6) is 0 Å². The first-order valence-corrected chi connectivity index (χ1v) is 13.1. The molecule has 0 aromatic carbocycles. The largest absolute Gasteiger partial charge is 0.477 e. The lowest BCUT2D eigenvalue weighted by atomic mass is 10.2. The highest BCUT2D eigenvalue weighted by Crippen LogP contribution is 2.34. The first kappa shape index (κ1) is 27.7. The molecule has 12 nitrogen and oxygen atoms in total. The Morgan fingerprint density at radius 2 is 1.82 bits per heavy atom. The number of pyridine rings is 1. The number of aromatic carboxylic acids is 1. The number of nitrogens with zero attached hydrogens (tertiary/aromatic N) is 6. The van der Waals surface area contributed by atoms with E-state index in [1.165, 1.54) is 0 Å². The maximum Gasteiger partial charge on any atom is 0.352 e. The topological polar surface area (TPSA) is 152 Å². The summed E-state index contributed by atoms with van der Waals surface area (Å²) < 4.78 is 1.85. The van der Waals surface area contributed by atoms with Gasteiger partial charge in [-0.3, -0.25) is 4.90 Å². The number of anilines is 3. The van der Waals surface area contributed by atoms with Crippen LogP contribution in [0.25, 0.3) is 11.0 Å². The number of carbonyl (C=O) groups is 1. The predicted molar refractivity (Wildman–Crippen MR) is 146 cm³/mol. The van der Waals surface area contributed by atoms with Crippen LogP contribution in [0.2, 0.25) is 0 Å². The molecule has 2 fully saturated rings. The highest BCUT2D eigenvalue weighted by Gasteiger charge is 2.25. The fourth-order valence-electron chi connectivity index (χ4n) is 5.07. The second kappa shape index (κ2) is 13.0. The molecule has 5 N–H and O–H groups in total. The molecule has 1 saturated heterocycles. The molecule has 12 heteroatoms. The molecule has 3 aromatic heterocycles. The van der Waals surface area contributed by atoms with Crippen LogP contribution in [0, 0.1) is 0 Å². The zero-order valence-electron chi connectivity index (χ0n) is 22.0. The monoisotopic (exact) mass is 526 g/mol. The number of aliphatic hydroxyl groups excluding tert-OH is 2. The Morgan fingerprint density at radius 1 is 1.11 bits per heavy atom. The Kier molecular flexibility index (Phi) is 9.45. The van der Waals surface area contributed by atoms with Crippen molar-refractivity contribution in [1.29, 1.82) is 0 Å². The van der Waals surface area contributed by atoms with Gasteiger partial charge >= 0.3 is 5.97 Å². The maximum absolute atomic E-state index is 11.8. The molecule has 0 spiro atoms. The molecular weight excluding hydrogens is 488 g/mol. The Labute approximate surface area is 222 Å². The van der Waals surface area contributed by atoms with E-state index in [1.807, 2.05) is 37.0 Å². The van der Waals surface area contributed by atoms with E-state index < -0.39 is 12.1 Å². The number of piperazine rings is 1. The summed E-state index contributed by atoms with van der Waals surface area (Å²) in [4.78, 5) is 29.8. The van der Waals surface area contributed by atoms with Crippen LogP contribution in [-0.2, 0) is 0 Å². The molecule has 1 unspecified atom stereocenters. The van der Waals surface area contributed by atoms with E-state index in [-0.39, 0.29) is 18.3 Å². The number of fused-ring (bicyclic) bond motifs is 1. The summed E-state index contributed by atoms with van der Waals surface area (Å²) in [6, 6.07) is 5.67. The molecule has 38 heavy (non-hydrogen) atoms.